The summed E-state index contributed by atoms with van der Waals surface area (Å²) in [6, 6.07) is 8.56. The predicted octanol–water partition coefficient (Wildman–Crippen LogP) is 3.99. The molecular formula is C15H20. The van der Waals surface area contributed by atoms with Gasteiger partial charge >= 0.3 is 0 Å². The zero-order chi connectivity index (χ0) is 11.5. The van der Waals surface area contributed by atoms with Gasteiger partial charge in [0.25, 0.3) is 0 Å². The Hall–Kier alpha value is -1.22. The summed E-state index contributed by atoms with van der Waals surface area (Å²) in [4.78, 5) is 0. The van der Waals surface area contributed by atoms with E-state index < -0.39 is 0 Å². The molecule has 15 heavy (non-hydrogen) atoms. The third-order valence-electron chi connectivity index (χ3n) is 2.26. The molecule has 0 saturated carbocycles. The maximum atomic E-state index is 3.17. The number of hydrogen-bond donors (Lipinski definition) is 0. The van der Waals surface area contributed by atoms with Crippen LogP contribution in [0.1, 0.15) is 45.7 Å². The Balaban J connectivity index is 2.88. The van der Waals surface area contributed by atoms with Crippen LogP contribution in [-0.2, 0) is 5.41 Å². The van der Waals surface area contributed by atoms with Crippen molar-refractivity contribution < 1.29 is 0 Å². The first-order valence-electron chi connectivity index (χ1n) is 5.51. The van der Waals surface area contributed by atoms with Crippen LogP contribution in [0.3, 0.4) is 0 Å². The summed E-state index contributed by atoms with van der Waals surface area (Å²) in [7, 11) is 0. The molecular weight excluding hydrogens is 180 g/mol. The second kappa shape index (κ2) is 4.53. The molecule has 0 atom stereocenters. The van der Waals surface area contributed by atoms with E-state index in [0.29, 0.717) is 5.92 Å². The van der Waals surface area contributed by atoms with Crippen molar-refractivity contribution in [3.63, 3.8) is 0 Å². The van der Waals surface area contributed by atoms with Crippen molar-refractivity contribution in [2.75, 3.05) is 0 Å². The molecule has 80 valence electrons. The average Bonchev–Trinajstić information content (AvgIpc) is 2.14. The standard InChI is InChI=1S/C15H20/c1-12(2)6-7-13-8-10-14(11-9-13)15(3,4)5/h8-12H,1-5H3. The van der Waals surface area contributed by atoms with Crippen molar-refractivity contribution in [3.8, 4) is 11.8 Å². The number of hydrogen-bond acceptors (Lipinski definition) is 0. The van der Waals surface area contributed by atoms with Crippen LogP contribution in [0.4, 0.5) is 0 Å². The van der Waals surface area contributed by atoms with Crippen molar-refractivity contribution in [3.05, 3.63) is 35.4 Å². The van der Waals surface area contributed by atoms with Gasteiger partial charge in [0.15, 0.2) is 0 Å². The molecule has 0 fully saturated rings. The zero-order valence-electron chi connectivity index (χ0n) is 10.4. The highest BCUT2D eigenvalue weighted by Gasteiger charge is 2.12. The lowest BCUT2D eigenvalue weighted by atomic mass is 9.87. The molecule has 0 nitrogen and oxygen atoms in total. The van der Waals surface area contributed by atoms with Gasteiger partial charge in [0, 0.05) is 11.5 Å². The molecule has 0 spiro atoms. The third kappa shape index (κ3) is 3.80. The summed E-state index contributed by atoms with van der Waals surface area (Å²) in [6.45, 7) is 10.9. The van der Waals surface area contributed by atoms with Gasteiger partial charge in [-0.25, -0.2) is 0 Å². The Morgan fingerprint density at radius 1 is 1.00 bits per heavy atom. The normalized spacial score (nSPS) is 11.1. The average molecular weight is 200 g/mol. The van der Waals surface area contributed by atoms with Crippen LogP contribution in [0, 0.1) is 17.8 Å². The Morgan fingerprint density at radius 3 is 1.93 bits per heavy atom. The molecule has 0 heteroatoms. The predicted molar refractivity (Wildman–Crippen MR) is 66.9 cm³/mol. The summed E-state index contributed by atoms with van der Waals surface area (Å²) in [5.41, 5.74) is 2.69. The van der Waals surface area contributed by atoms with Crippen LogP contribution in [0.15, 0.2) is 24.3 Å². The van der Waals surface area contributed by atoms with Crippen LogP contribution in [0.2, 0.25) is 0 Å². The molecule has 1 rings (SSSR count). The fourth-order valence-electron chi connectivity index (χ4n) is 1.28. The lowest BCUT2D eigenvalue weighted by Crippen LogP contribution is -2.10. The molecule has 0 aliphatic rings. The zero-order valence-corrected chi connectivity index (χ0v) is 10.4. The van der Waals surface area contributed by atoms with E-state index in [0.717, 1.165) is 5.56 Å². The smallest absolute Gasteiger partial charge is 0.0245 e. The van der Waals surface area contributed by atoms with Gasteiger partial charge in [0.2, 0.25) is 0 Å². The van der Waals surface area contributed by atoms with Gasteiger partial charge in [-0.2, -0.15) is 0 Å². The van der Waals surface area contributed by atoms with Gasteiger partial charge < -0.3 is 0 Å². The van der Waals surface area contributed by atoms with E-state index in [-0.39, 0.29) is 5.41 Å². The highest BCUT2D eigenvalue weighted by Crippen LogP contribution is 2.21. The Morgan fingerprint density at radius 2 is 1.53 bits per heavy atom. The minimum Gasteiger partial charge on any atom is -0.0951 e. The van der Waals surface area contributed by atoms with Gasteiger partial charge in [-0.15, -0.1) is 0 Å². The topological polar surface area (TPSA) is 0 Å². The van der Waals surface area contributed by atoms with E-state index in [9.17, 15) is 0 Å². The quantitative estimate of drug-likeness (QED) is 0.555. The molecule has 0 unspecified atom stereocenters. The fraction of sp³-hybridized carbons (Fsp3) is 0.467. The maximum Gasteiger partial charge on any atom is 0.0245 e. The van der Waals surface area contributed by atoms with Crippen LogP contribution < -0.4 is 0 Å². The monoisotopic (exact) mass is 200 g/mol. The van der Waals surface area contributed by atoms with E-state index in [4.69, 9.17) is 0 Å². The highest BCUT2D eigenvalue weighted by atomic mass is 14.2. The molecule has 0 aromatic heterocycles. The van der Waals surface area contributed by atoms with Gasteiger partial charge in [0.1, 0.15) is 0 Å². The summed E-state index contributed by atoms with van der Waals surface area (Å²) in [6.07, 6.45) is 0. The van der Waals surface area contributed by atoms with Crippen molar-refractivity contribution in [2.24, 2.45) is 5.92 Å². The first-order valence-corrected chi connectivity index (χ1v) is 5.51. The van der Waals surface area contributed by atoms with E-state index in [1.807, 2.05) is 0 Å². The van der Waals surface area contributed by atoms with E-state index in [2.05, 4.69) is 70.7 Å². The van der Waals surface area contributed by atoms with E-state index in [1.54, 1.807) is 0 Å². The molecule has 0 N–H and O–H groups in total. The molecule has 1 aromatic rings. The van der Waals surface area contributed by atoms with Gasteiger partial charge in [-0.3, -0.25) is 0 Å². The molecule has 0 amide bonds. The summed E-state index contributed by atoms with van der Waals surface area (Å²) in [5.74, 6) is 6.78. The number of rotatable bonds is 0. The Kier molecular flexibility index (Phi) is 3.58. The molecule has 0 saturated heterocycles. The first-order chi connectivity index (χ1) is 6.89. The van der Waals surface area contributed by atoms with Crippen LogP contribution in [-0.4, -0.2) is 0 Å². The molecule has 0 aliphatic heterocycles. The summed E-state index contributed by atoms with van der Waals surface area (Å²) >= 11 is 0. The van der Waals surface area contributed by atoms with E-state index >= 15 is 0 Å². The maximum absolute atomic E-state index is 3.17. The second-order valence-electron chi connectivity index (χ2n) is 5.25. The lowest BCUT2D eigenvalue weighted by Gasteiger charge is -2.18. The van der Waals surface area contributed by atoms with Crippen molar-refractivity contribution in [1.82, 2.24) is 0 Å². The number of benzene rings is 1. The third-order valence-corrected chi connectivity index (χ3v) is 2.26. The second-order valence-corrected chi connectivity index (χ2v) is 5.25. The van der Waals surface area contributed by atoms with Crippen LogP contribution in [0.5, 0.6) is 0 Å². The van der Waals surface area contributed by atoms with Crippen molar-refractivity contribution in [2.45, 2.75) is 40.0 Å². The minimum absolute atomic E-state index is 0.226. The molecule has 0 radical (unpaired) electrons. The SMILES string of the molecule is CC(C)C#Cc1ccc(C(C)(C)C)cc1. The molecule has 0 heterocycles. The van der Waals surface area contributed by atoms with Crippen LogP contribution >= 0.6 is 0 Å². The van der Waals surface area contributed by atoms with Gasteiger partial charge in [-0.05, 0) is 23.1 Å². The fourth-order valence-corrected chi connectivity index (χ4v) is 1.28. The molecule has 0 aliphatic carbocycles. The summed E-state index contributed by atoms with van der Waals surface area (Å²) < 4.78 is 0. The van der Waals surface area contributed by atoms with Crippen molar-refractivity contribution in [1.29, 1.82) is 0 Å². The Labute approximate surface area is 93.7 Å². The lowest BCUT2D eigenvalue weighted by molar-refractivity contribution is 0.590. The minimum atomic E-state index is 0.226. The van der Waals surface area contributed by atoms with Crippen LogP contribution in [0.25, 0.3) is 0 Å². The van der Waals surface area contributed by atoms with Gasteiger partial charge in [-0.1, -0.05) is 58.6 Å². The molecule has 1 aromatic carbocycles. The van der Waals surface area contributed by atoms with E-state index in [1.165, 1.54) is 5.56 Å². The van der Waals surface area contributed by atoms with Crippen molar-refractivity contribution >= 4 is 0 Å². The molecule has 0 bridgehead atoms. The first kappa shape index (κ1) is 11.9. The Bertz CT molecular complexity index is 363. The summed E-state index contributed by atoms with van der Waals surface area (Å²) in [5, 5.41) is 0. The highest BCUT2D eigenvalue weighted by molar-refractivity contribution is 5.38. The van der Waals surface area contributed by atoms with Gasteiger partial charge in [0.05, 0.1) is 0 Å². The largest absolute Gasteiger partial charge is 0.0951 e.